The molecule has 0 aliphatic heterocycles. The number of benzene rings is 2. The Labute approximate surface area is 189 Å². The molecule has 0 fully saturated rings. The summed E-state index contributed by atoms with van der Waals surface area (Å²) < 4.78 is 21.9. The fourth-order valence-corrected chi connectivity index (χ4v) is 3.79. The van der Waals surface area contributed by atoms with Crippen molar-refractivity contribution in [2.75, 3.05) is 13.2 Å². The average molecular weight is 441 g/mol. The molecule has 1 aliphatic rings. The zero-order chi connectivity index (χ0) is 22.8. The van der Waals surface area contributed by atoms with E-state index in [9.17, 15) is 9.59 Å². The molecule has 0 saturated carbocycles. The summed E-state index contributed by atoms with van der Waals surface area (Å²) in [5.41, 5.74) is 1.65. The van der Waals surface area contributed by atoms with Crippen LogP contribution in [-0.4, -0.2) is 25.5 Å². The van der Waals surface area contributed by atoms with Crippen LogP contribution in [0.15, 0.2) is 36.4 Å². The first-order valence-corrected chi connectivity index (χ1v) is 11.6. The molecule has 2 aromatic rings. The number of rotatable bonds is 10. The van der Waals surface area contributed by atoms with Gasteiger partial charge < -0.3 is 18.9 Å². The molecule has 6 nitrogen and oxygen atoms in total. The maximum Gasteiger partial charge on any atom is 0.513 e. The molecule has 3 rings (SSSR count). The molecule has 0 heterocycles. The van der Waals surface area contributed by atoms with Crippen LogP contribution in [0.25, 0.3) is 10.8 Å². The van der Waals surface area contributed by atoms with Gasteiger partial charge in [-0.15, -0.1) is 0 Å². The molecule has 32 heavy (non-hydrogen) atoms. The Bertz CT molecular complexity index is 886. The molecule has 0 spiro atoms. The Balaban J connectivity index is 1.88. The van der Waals surface area contributed by atoms with Gasteiger partial charge in [-0.3, -0.25) is 0 Å². The fraction of sp³-hybridized carbons (Fsp3) is 0.462. The molecule has 1 aliphatic carbocycles. The average Bonchev–Trinajstić information content (AvgIpc) is 2.81. The quantitative estimate of drug-likeness (QED) is 0.173. The van der Waals surface area contributed by atoms with Crippen LogP contribution in [0.2, 0.25) is 0 Å². The van der Waals surface area contributed by atoms with Gasteiger partial charge in [-0.2, -0.15) is 0 Å². The number of fused-ring (bicyclic) bond motifs is 2. The Kier molecular flexibility index (Phi) is 8.96. The SMILES string of the molecule is CCCCCOC(=O)Oc1c2c(c(OC(=O)OCCCCC)c3ccccc13)CC=CC2. The second-order valence-electron chi connectivity index (χ2n) is 7.86. The van der Waals surface area contributed by atoms with Gasteiger partial charge in [0, 0.05) is 21.9 Å². The topological polar surface area (TPSA) is 71.1 Å². The smallest absolute Gasteiger partial charge is 0.434 e. The van der Waals surface area contributed by atoms with Gasteiger partial charge in [0.15, 0.2) is 0 Å². The van der Waals surface area contributed by atoms with Gasteiger partial charge >= 0.3 is 12.3 Å². The van der Waals surface area contributed by atoms with Gasteiger partial charge in [0.1, 0.15) is 11.5 Å². The van der Waals surface area contributed by atoms with E-state index in [0.29, 0.717) is 48.3 Å². The van der Waals surface area contributed by atoms with Crippen molar-refractivity contribution >= 4 is 23.1 Å². The predicted molar refractivity (Wildman–Crippen MR) is 123 cm³/mol. The van der Waals surface area contributed by atoms with Crippen molar-refractivity contribution in [1.29, 1.82) is 0 Å². The molecular formula is C26H32O6. The summed E-state index contributed by atoms with van der Waals surface area (Å²) in [5, 5.41) is 1.39. The van der Waals surface area contributed by atoms with E-state index in [1.54, 1.807) is 0 Å². The summed E-state index contributed by atoms with van der Waals surface area (Å²) in [6, 6.07) is 7.43. The van der Waals surface area contributed by atoms with Crippen molar-refractivity contribution in [2.45, 2.75) is 65.2 Å². The highest BCUT2D eigenvalue weighted by molar-refractivity contribution is 5.98. The maximum absolute atomic E-state index is 12.4. The lowest BCUT2D eigenvalue weighted by Crippen LogP contribution is -2.17. The van der Waals surface area contributed by atoms with Crippen molar-refractivity contribution in [2.24, 2.45) is 0 Å². The molecule has 2 aromatic carbocycles. The molecule has 0 amide bonds. The number of hydrogen-bond donors (Lipinski definition) is 0. The van der Waals surface area contributed by atoms with Crippen LogP contribution >= 0.6 is 0 Å². The van der Waals surface area contributed by atoms with Crippen LogP contribution in [0.5, 0.6) is 11.5 Å². The lowest BCUT2D eigenvalue weighted by atomic mass is 9.90. The van der Waals surface area contributed by atoms with Crippen LogP contribution in [0, 0.1) is 0 Å². The standard InChI is InChI=1S/C26H32O6/c1-3-5-11-17-29-25(27)31-23-19-13-7-9-15-21(19)24(22-16-10-8-14-20(22)23)32-26(28)30-18-12-6-4-2/h7-10,13,15H,3-6,11-12,14,16-18H2,1-2H3. The summed E-state index contributed by atoms with van der Waals surface area (Å²) in [5.74, 6) is 0.924. The van der Waals surface area contributed by atoms with Crippen molar-refractivity contribution < 1.29 is 28.5 Å². The van der Waals surface area contributed by atoms with Crippen molar-refractivity contribution in [3.8, 4) is 11.5 Å². The van der Waals surface area contributed by atoms with Gasteiger partial charge in [-0.05, 0) is 25.7 Å². The van der Waals surface area contributed by atoms with Crippen molar-refractivity contribution in [1.82, 2.24) is 0 Å². The number of hydrogen-bond acceptors (Lipinski definition) is 6. The summed E-state index contributed by atoms with van der Waals surface area (Å²) in [4.78, 5) is 24.7. The first-order valence-electron chi connectivity index (χ1n) is 11.6. The third-order valence-corrected chi connectivity index (χ3v) is 5.45. The third-order valence-electron chi connectivity index (χ3n) is 5.45. The van der Waals surface area contributed by atoms with E-state index in [2.05, 4.69) is 13.8 Å². The van der Waals surface area contributed by atoms with Gasteiger partial charge in [-0.25, -0.2) is 9.59 Å². The first-order chi connectivity index (χ1) is 15.7. The van der Waals surface area contributed by atoms with E-state index in [1.165, 1.54) is 0 Å². The molecule has 0 N–H and O–H groups in total. The van der Waals surface area contributed by atoms with Gasteiger partial charge in [0.05, 0.1) is 13.2 Å². The highest BCUT2D eigenvalue weighted by Crippen LogP contribution is 2.43. The highest BCUT2D eigenvalue weighted by Gasteiger charge is 2.25. The lowest BCUT2D eigenvalue weighted by molar-refractivity contribution is 0.0954. The van der Waals surface area contributed by atoms with Gasteiger partial charge in [0.25, 0.3) is 0 Å². The molecule has 0 saturated heterocycles. The Morgan fingerprint density at radius 3 is 1.56 bits per heavy atom. The zero-order valence-electron chi connectivity index (χ0n) is 19.0. The minimum atomic E-state index is -0.716. The van der Waals surface area contributed by atoms with E-state index >= 15 is 0 Å². The van der Waals surface area contributed by atoms with Crippen LogP contribution in [-0.2, 0) is 22.3 Å². The van der Waals surface area contributed by atoms with Crippen molar-refractivity contribution in [3.05, 3.63) is 47.5 Å². The molecular weight excluding hydrogens is 408 g/mol. The monoisotopic (exact) mass is 440 g/mol. The summed E-state index contributed by atoms with van der Waals surface area (Å²) in [6.07, 6.45) is 9.44. The minimum absolute atomic E-state index is 0.331. The maximum atomic E-state index is 12.4. The molecule has 0 atom stereocenters. The van der Waals surface area contributed by atoms with Crippen LogP contribution in [0.3, 0.4) is 0 Å². The molecule has 172 valence electrons. The van der Waals surface area contributed by atoms with E-state index in [1.807, 2.05) is 36.4 Å². The molecule has 0 aromatic heterocycles. The number of ether oxygens (including phenoxy) is 4. The predicted octanol–water partition coefficient (Wildman–Crippen LogP) is 6.91. The fourth-order valence-electron chi connectivity index (χ4n) is 3.79. The number of allylic oxidation sites excluding steroid dienone is 2. The first kappa shape index (κ1) is 23.6. The second-order valence-corrected chi connectivity index (χ2v) is 7.86. The van der Waals surface area contributed by atoms with E-state index < -0.39 is 12.3 Å². The minimum Gasteiger partial charge on any atom is -0.434 e. The van der Waals surface area contributed by atoms with E-state index in [-0.39, 0.29) is 0 Å². The molecule has 6 heteroatoms. The number of carbonyl (C=O) groups is 2. The molecule has 0 bridgehead atoms. The lowest BCUT2D eigenvalue weighted by Gasteiger charge is -2.22. The normalized spacial score (nSPS) is 12.3. The van der Waals surface area contributed by atoms with E-state index in [4.69, 9.17) is 18.9 Å². The summed E-state index contributed by atoms with van der Waals surface area (Å²) >= 11 is 0. The highest BCUT2D eigenvalue weighted by atomic mass is 16.7. The largest absolute Gasteiger partial charge is 0.513 e. The van der Waals surface area contributed by atoms with E-state index in [0.717, 1.165) is 49.7 Å². The Hall–Kier alpha value is -3.02. The summed E-state index contributed by atoms with van der Waals surface area (Å²) in [6.45, 7) is 4.85. The van der Waals surface area contributed by atoms with Crippen LogP contribution in [0.1, 0.15) is 63.5 Å². The Morgan fingerprint density at radius 1 is 0.719 bits per heavy atom. The number of unbranched alkanes of at least 4 members (excludes halogenated alkanes) is 4. The molecule has 0 unspecified atom stereocenters. The second kappa shape index (κ2) is 12.1. The van der Waals surface area contributed by atoms with Crippen LogP contribution in [0.4, 0.5) is 9.59 Å². The number of carbonyl (C=O) groups excluding carboxylic acids is 2. The Morgan fingerprint density at radius 2 is 1.16 bits per heavy atom. The van der Waals surface area contributed by atoms with Crippen LogP contribution < -0.4 is 9.47 Å². The summed E-state index contributed by atoms with van der Waals surface area (Å²) in [7, 11) is 0. The third kappa shape index (κ3) is 6.02. The molecule has 0 radical (unpaired) electrons. The van der Waals surface area contributed by atoms with Gasteiger partial charge in [-0.1, -0.05) is 75.9 Å². The van der Waals surface area contributed by atoms with Gasteiger partial charge in [0.2, 0.25) is 0 Å². The zero-order valence-corrected chi connectivity index (χ0v) is 19.0. The van der Waals surface area contributed by atoms with Crippen molar-refractivity contribution in [3.63, 3.8) is 0 Å².